The predicted octanol–water partition coefficient (Wildman–Crippen LogP) is 3.89. The SMILES string of the molecule is O=C(O)C[C@H](O)C[C@H](O)C=CC=C1C=CC2=C(CCC=C2)c2ccccc21. The van der Waals surface area contributed by atoms with Crippen LogP contribution in [-0.2, 0) is 4.79 Å². The molecule has 27 heavy (non-hydrogen) atoms. The fourth-order valence-corrected chi connectivity index (χ4v) is 3.47. The van der Waals surface area contributed by atoms with E-state index < -0.39 is 18.2 Å². The van der Waals surface area contributed by atoms with E-state index in [0.717, 1.165) is 24.0 Å². The van der Waals surface area contributed by atoms with E-state index >= 15 is 0 Å². The first kappa shape index (κ1) is 19.1. The third kappa shape index (κ3) is 4.94. The number of hydrogen-bond donors (Lipinski definition) is 3. The summed E-state index contributed by atoms with van der Waals surface area (Å²) in [7, 11) is 0. The summed E-state index contributed by atoms with van der Waals surface area (Å²) >= 11 is 0. The van der Waals surface area contributed by atoms with Crippen LogP contribution in [0.3, 0.4) is 0 Å². The van der Waals surface area contributed by atoms with Gasteiger partial charge >= 0.3 is 5.97 Å². The van der Waals surface area contributed by atoms with E-state index in [1.807, 2.05) is 18.2 Å². The number of hydrogen-bond acceptors (Lipinski definition) is 3. The largest absolute Gasteiger partial charge is 0.481 e. The molecule has 2 atom stereocenters. The number of benzene rings is 1. The van der Waals surface area contributed by atoms with Crippen LogP contribution in [0.1, 0.15) is 36.8 Å². The number of allylic oxidation sites excluding steroid dienone is 9. The predicted molar refractivity (Wildman–Crippen MR) is 107 cm³/mol. The topological polar surface area (TPSA) is 77.8 Å². The molecule has 2 aliphatic rings. The van der Waals surface area contributed by atoms with Crippen molar-refractivity contribution in [1.29, 1.82) is 0 Å². The smallest absolute Gasteiger partial charge is 0.305 e. The van der Waals surface area contributed by atoms with E-state index in [9.17, 15) is 15.0 Å². The lowest BCUT2D eigenvalue weighted by Crippen LogP contribution is -2.19. The lowest BCUT2D eigenvalue weighted by atomic mass is 9.89. The lowest BCUT2D eigenvalue weighted by Gasteiger charge is -2.15. The number of aliphatic hydroxyl groups is 2. The maximum Gasteiger partial charge on any atom is 0.305 e. The molecule has 0 saturated heterocycles. The number of fused-ring (bicyclic) bond motifs is 2. The van der Waals surface area contributed by atoms with E-state index in [-0.39, 0.29) is 12.8 Å². The summed E-state index contributed by atoms with van der Waals surface area (Å²) in [4.78, 5) is 10.6. The summed E-state index contributed by atoms with van der Waals surface area (Å²) in [5.74, 6) is -1.08. The molecule has 1 aromatic rings. The average Bonchev–Trinajstić information content (AvgIpc) is 2.79. The van der Waals surface area contributed by atoms with Gasteiger partial charge in [0, 0.05) is 6.42 Å². The highest BCUT2D eigenvalue weighted by Gasteiger charge is 2.17. The van der Waals surface area contributed by atoms with E-state index in [2.05, 4.69) is 36.4 Å². The van der Waals surface area contributed by atoms with Crippen LogP contribution < -0.4 is 0 Å². The molecule has 0 radical (unpaired) electrons. The molecule has 0 spiro atoms. The van der Waals surface area contributed by atoms with Gasteiger partial charge in [-0.1, -0.05) is 66.8 Å². The van der Waals surface area contributed by atoms with Gasteiger partial charge in [-0.2, -0.15) is 0 Å². The van der Waals surface area contributed by atoms with Gasteiger partial charge in [0.2, 0.25) is 0 Å². The Hall–Kier alpha value is -2.69. The molecule has 3 rings (SSSR count). The Balaban J connectivity index is 1.79. The summed E-state index contributed by atoms with van der Waals surface area (Å²) < 4.78 is 0. The van der Waals surface area contributed by atoms with Gasteiger partial charge in [0.1, 0.15) is 0 Å². The maximum atomic E-state index is 10.6. The number of carboxylic acids is 1. The summed E-state index contributed by atoms with van der Waals surface area (Å²) in [6, 6.07) is 8.31. The van der Waals surface area contributed by atoms with Gasteiger partial charge in [0.25, 0.3) is 0 Å². The molecule has 4 heteroatoms. The first-order valence-electron chi connectivity index (χ1n) is 9.18. The standard InChI is InChI=1S/C23H24O4/c24-18(14-19(25)15-23(26)27)8-5-7-17-13-12-16-6-1-2-9-20(16)22-11-4-3-10-21(17)22/h1,3-8,10-13,18-19,24-25H,2,9,14-15H2,(H,26,27)/t18-,19-/m1/s1. The molecule has 0 aromatic heterocycles. The van der Waals surface area contributed by atoms with Crippen LogP contribution in [0, 0.1) is 0 Å². The molecule has 3 N–H and O–H groups in total. The third-order valence-corrected chi connectivity index (χ3v) is 4.75. The zero-order valence-corrected chi connectivity index (χ0v) is 15.1. The minimum absolute atomic E-state index is 0.000946. The molecular weight excluding hydrogens is 340 g/mol. The average molecular weight is 364 g/mol. The highest BCUT2D eigenvalue weighted by Crippen LogP contribution is 2.37. The van der Waals surface area contributed by atoms with Crippen molar-refractivity contribution >= 4 is 17.1 Å². The van der Waals surface area contributed by atoms with Crippen LogP contribution in [0.15, 0.2) is 72.4 Å². The van der Waals surface area contributed by atoms with Crippen molar-refractivity contribution in [3.63, 3.8) is 0 Å². The maximum absolute atomic E-state index is 10.6. The van der Waals surface area contributed by atoms with Crippen LogP contribution in [-0.4, -0.2) is 33.5 Å². The summed E-state index contributed by atoms with van der Waals surface area (Å²) in [5.41, 5.74) is 6.02. The second kappa shape index (κ2) is 8.80. The van der Waals surface area contributed by atoms with Crippen molar-refractivity contribution in [2.45, 2.75) is 37.9 Å². The van der Waals surface area contributed by atoms with Gasteiger partial charge in [0.15, 0.2) is 0 Å². The molecule has 0 unspecified atom stereocenters. The van der Waals surface area contributed by atoms with Crippen LogP contribution >= 0.6 is 0 Å². The minimum atomic E-state index is -1.08. The number of rotatable bonds is 6. The Morgan fingerprint density at radius 3 is 2.67 bits per heavy atom. The number of aliphatic carboxylic acids is 1. The quantitative estimate of drug-likeness (QED) is 0.716. The first-order valence-corrected chi connectivity index (χ1v) is 9.18. The lowest BCUT2D eigenvalue weighted by molar-refractivity contribution is -0.139. The number of carboxylic acid groups (broad SMARTS) is 1. The normalized spacial score (nSPS) is 19.7. The van der Waals surface area contributed by atoms with Gasteiger partial charge in [-0.25, -0.2) is 0 Å². The molecule has 140 valence electrons. The van der Waals surface area contributed by atoms with E-state index in [4.69, 9.17) is 5.11 Å². The Labute approximate surface area is 159 Å². The van der Waals surface area contributed by atoms with Crippen LogP contribution in [0.2, 0.25) is 0 Å². The monoisotopic (exact) mass is 364 g/mol. The minimum Gasteiger partial charge on any atom is -0.481 e. The molecule has 0 bridgehead atoms. The zero-order valence-electron chi connectivity index (χ0n) is 15.1. The molecular formula is C23H24O4. The molecule has 0 fully saturated rings. The number of aliphatic hydroxyl groups excluding tert-OH is 2. The Morgan fingerprint density at radius 2 is 1.89 bits per heavy atom. The molecule has 4 nitrogen and oxygen atoms in total. The molecule has 2 aliphatic carbocycles. The third-order valence-electron chi connectivity index (χ3n) is 4.75. The van der Waals surface area contributed by atoms with E-state index in [0.29, 0.717) is 0 Å². The van der Waals surface area contributed by atoms with Crippen molar-refractivity contribution in [3.8, 4) is 0 Å². The second-order valence-electron chi connectivity index (χ2n) is 6.82. The first-order chi connectivity index (χ1) is 13.0. The summed E-state index contributed by atoms with van der Waals surface area (Å²) in [5, 5.41) is 28.3. The van der Waals surface area contributed by atoms with Gasteiger partial charge in [-0.3, -0.25) is 4.79 Å². The molecule has 1 aromatic carbocycles. The van der Waals surface area contributed by atoms with Crippen LogP contribution in [0.5, 0.6) is 0 Å². The van der Waals surface area contributed by atoms with Gasteiger partial charge in [-0.15, -0.1) is 0 Å². The highest BCUT2D eigenvalue weighted by molar-refractivity contribution is 5.90. The van der Waals surface area contributed by atoms with Crippen LogP contribution in [0.4, 0.5) is 0 Å². The fourth-order valence-electron chi connectivity index (χ4n) is 3.47. The summed E-state index contributed by atoms with van der Waals surface area (Å²) in [6.07, 6.45) is 13.6. The highest BCUT2D eigenvalue weighted by atomic mass is 16.4. The second-order valence-corrected chi connectivity index (χ2v) is 6.82. The summed E-state index contributed by atoms with van der Waals surface area (Å²) in [6.45, 7) is 0. The zero-order chi connectivity index (χ0) is 19.2. The Morgan fingerprint density at radius 1 is 1.11 bits per heavy atom. The Kier molecular flexibility index (Phi) is 6.22. The van der Waals surface area contributed by atoms with Crippen molar-refractivity contribution in [2.24, 2.45) is 0 Å². The molecule has 0 amide bonds. The van der Waals surface area contributed by atoms with Crippen molar-refractivity contribution < 1.29 is 20.1 Å². The molecule has 0 aliphatic heterocycles. The van der Waals surface area contributed by atoms with Gasteiger partial charge < -0.3 is 15.3 Å². The van der Waals surface area contributed by atoms with Crippen LogP contribution in [0.25, 0.3) is 11.1 Å². The Bertz CT molecular complexity index is 855. The number of carbonyl (C=O) groups is 1. The van der Waals surface area contributed by atoms with E-state index in [1.165, 1.54) is 16.7 Å². The van der Waals surface area contributed by atoms with Crippen molar-refractivity contribution in [2.75, 3.05) is 0 Å². The molecule has 0 heterocycles. The van der Waals surface area contributed by atoms with E-state index in [1.54, 1.807) is 12.2 Å². The fraction of sp³-hybridized carbons (Fsp3) is 0.261. The van der Waals surface area contributed by atoms with Gasteiger partial charge in [-0.05, 0) is 40.7 Å². The molecule has 0 saturated carbocycles. The van der Waals surface area contributed by atoms with Crippen molar-refractivity contribution in [1.82, 2.24) is 0 Å². The van der Waals surface area contributed by atoms with Crippen molar-refractivity contribution in [3.05, 3.63) is 83.5 Å². The van der Waals surface area contributed by atoms with Gasteiger partial charge in [0.05, 0.1) is 18.6 Å².